The number of nitrogens with one attached hydrogen (secondary N) is 2. The molecule has 1 aliphatic rings. The fourth-order valence-electron chi connectivity index (χ4n) is 3.06. The minimum Gasteiger partial charge on any atom is -0.490 e. The van der Waals surface area contributed by atoms with Crippen molar-refractivity contribution < 1.29 is 22.7 Å². The first-order valence-electron chi connectivity index (χ1n) is 9.71. The zero-order valence-electron chi connectivity index (χ0n) is 17.1. The Bertz CT molecular complexity index is 945. The van der Waals surface area contributed by atoms with Gasteiger partial charge in [-0.25, -0.2) is 13.1 Å². The lowest BCUT2D eigenvalue weighted by Crippen LogP contribution is -2.36. The van der Waals surface area contributed by atoms with Gasteiger partial charge < -0.3 is 19.7 Å². The van der Waals surface area contributed by atoms with Gasteiger partial charge in [0.15, 0.2) is 11.5 Å². The lowest BCUT2D eigenvalue weighted by molar-refractivity contribution is -0.121. The zero-order valence-corrected chi connectivity index (χ0v) is 18.7. The smallest absolute Gasteiger partial charge is 0.240 e. The van der Waals surface area contributed by atoms with Gasteiger partial charge >= 0.3 is 0 Å². The number of benzene rings is 1. The fourth-order valence-corrected chi connectivity index (χ4v) is 4.81. The van der Waals surface area contributed by atoms with Crippen molar-refractivity contribution in [2.75, 3.05) is 40.4 Å². The Morgan fingerprint density at radius 1 is 1.20 bits per heavy atom. The van der Waals surface area contributed by atoms with Gasteiger partial charge in [-0.2, -0.15) is 11.3 Å². The number of ether oxygens (including phenoxy) is 2. The second-order valence-electron chi connectivity index (χ2n) is 7.15. The second-order valence-corrected chi connectivity index (χ2v) is 9.69. The number of sulfonamides is 1. The number of carbonyl (C=O) groups excluding carboxylic acids is 1. The number of nitrogens with zero attached hydrogens (tertiary/aromatic N) is 1. The molecule has 8 nitrogen and oxygen atoms in total. The monoisotopic (exact) mass is 453 g/mol. The highest BCUT2D eigenvalue weighted by Crippen LogP contribution is 2.31. The fraction of sp³-hybridized carbons (Fsp3) is 0.450. The molecule has 0 spiro atoms. The molecule has 10 heteroatoms. The molecule has 0 saturated heterocycles. The molecular formula is C20H27N3O5S2. The molecule has 1 aliphatic heterocycles. The lowest BCUT2D eigenvalue weighted by atomic mass is 10.1. The van der Waals surface area contributed by atoms with Crippen molar-refractivity contribution >= 4 is 27.3 Å². The Kier molecular flexibility index (Phi) is 7.70. The molecule has 0 saturated carbocycles. The van der Waals surface area contributed by atoms with E-state index < -0.39 is 10.0 Å². The number of carbonyl (C=O) groups is 1. The summed E-state index contributed by atoms with van der Waals surface area (Å²) < 4.78 is 38.6. The largest absolute Gasteiger partial charge is 0.490 e. The van der Waals surface area contributed by atoms with Gasteiger partial charge in [-0.3, -0.25) is 4.79 Å². The highest BCUT2D eigenvalue weighted by atomic mass is 32.2. The van der Waals surface area contributed by atoms with Crippen LogP contribution in [0, 0.1) is 0 Å². The van der Waals surface area contributed by atoms with Crippen LogP contribution in [0.15, 0.2) is 39.9 Å². The minimum atomic E-state index is -3.75. The number of amides is 1. The predicted molar refractivity (Wildman–Crippen MR) is 116 cm³/mol. The Labute approximate surface area is 181 Å². The van der Waals surface area contributed by atoms with Crippen LogP contribution in [0.5, 0.6) is 11.5 Å². The van der Waals surface area contributed by atoms with Gasteiger partial charge in [-0.15, -0.1) is 0 Å². The van der Waals surface area contributed by atoms with Gasteiger partial charge in [-0.1, -0.05) is 0 Å². The summed E-state index contributed by atoms with van der Waals surface area (Å²) in [6.45, 7) is 1.47. The van der Waals surface area contributed by atoms with Crippen molar-refractivity contribution in [1.82, 2.24) is 14.9 Å². The highest BCUT2D eigenvalue weighted by molar-refractivity contribution is 7.89. The summed E-state index contributed by atoms with van der Waals surface area (Å²) in [6.07, 6.45) is 0.790. The molecule has 1 aromatic carbocycles. The number of hydrogen-bond donors (Lipinski definition) is 2. The molecular weight excluding hydrogens is 426 g/mol. The summed E-state index contributed by atoms with van der Waals surface area (Å²) in [5.41, 5.74) is 1.14. The van der Waals surface area contributed by atoms with E-state index in [-0.39, 0.29) is 29.8 Å². The molecule has 0 aliphatic carbocycles. The van der Waals surface area contributed by atoms with E-state index in [4.69, 9.17) is 9.47 Å². The number of likely N-dealkylation sites (N-methyl/N-ethyl adjacent to an activating group) is 1. The Morgan fingerprint density at radius 2 is 1.97 bits per heavy atom. The van der Waals surface area contributed by atoms with Gasteiger partial charge in [0.1, 0.15) is 0 Å². The molecule has 3 rings (SSSR count). The van der Waals surface area contributed by atoms with E-state index in [1.807, 2.05) is 30.4 Å². The van der Waals surface area contributed by atoms with Gasteiger partial charge in [-0.05, 0) is 48.6 Å². The Morgan fingerprint density at radius 3 is 2.67 bits per heavy atom. The molecule has 1 amide bonds. The summed E-state index contributed by atoms with van der Waals surface area (Å²) >= 11 is 1.61. The van der Waals surface area contributed by atoms with Gasteiger partial charge in [0.05, 0.1) is 24.2 Å². The van der Waals surface area contributed by atoms with Gasteiger partial charge in [0, 0.05) is 32.0 Å². The maximum absolute atomic E-state index is 12.6. The van der Waals surface area contributed by atoms with Crippen LogP contribution in [0.2, 0.25) is 0 Å². The Balaban J connectivity index is 1.50. The van der Waals surface area contributed by atoms with Crippen LogP contribution in [0.1, 0.15) is 24.4 Å². The molecule has 0 radical (unpaired) electrons. The number of fused-ring (bicyclic) bond motifs is 1. The molecule has 0 fully saturated rings. The molecule has 1 unspecified atom stereocenters. The average molecular weight is 454 g/mol. The maximum atomic E-state index is 12.6. The van der Waals surface area contributed by atoms with Crippen LogP contribution in [0.3, 0.4) is 0 Å². The lowest BCUT2D eigenvalue weighted by Gasteiger charge is -2.24. The van der Waals surface area contributed by atoms with Crippen molar-refractivity contribution in [2.24, 2.45) is 0 Å². The average Bonchev–Trinajstić information content (AvgIpc) is 3.12. The molecule has 2 aromatic rings. The molecule has 2 heterocycles. The van der Waals surface area contributed by atoms with E-state index in [2.05, 4.69) is 15.4 Å². The normalized spacial score (nSPS) is 14.9. The van der Waals surface area contributed by atoms with E-state index in [1.54, 1.807) is 17.4 Å². The standard InChI is InChI=1S/C20H27N3O5S2/c1-23(2)17(15-7-11-29-14-15)13-21-20(24)6-8-22-30(25,26)16-4-5-18-19(12-16)28-10-3-9-27-18/h4-5,7,11-12,14,17,22H,3,6,8-10,13H2,1-2H3,(H,21,24). The summed E-state index contributed by atoms with van der Waals surface area (Å²) in [6, 6.07) is 6.61. The van der Waals surface area contributed by atoms with E-state index >= 15 is 0 Å². The molecule has 1 atom stereocenters. The molecule has 2 N–H and O–H groups in total. The summed E-state index contributed by atoms with van der Waals surface area (Å²) in [4.78, 5) is 14.3. The topological polar surface area (TPSA) is 97.0 Å². The van der Waals surface area contributed by atoms with Gasteiger partial charge in [0.25, 0.3) is 0 Å². The van der Waals surface area contributed by atoms with Crippen LogP contribution in [0.25, 0.3) is 0 Å². The van der Waals surface area contributed by atoms with Crippen molar-refractivity contribution in [1.29, 1.82) is 0 Å². The maximum Gasteiger partial charge on any atom is 0.240 e. The summed E-state index contributed by atoms with van der Waals surface area (Å²) in [5.74, 6) is 0.738. The molecule has 0 bridgehead atoms. The van der Waals surface area contributed by atoms with Crippen LogP contribution >= 0.6 is 11.3 Å². The summed E-state index contributed by atoms with van der Waals surface area (Å²) in [5, 5.41) is 6.94. The van der Waals surface area contributed by atoms with Crippen molar-refractivity contribution in [3.05, 3.63) is 40.6 Å². The van der Waals surface area contributed by atoms with Crippen LogP contribution in [0.4, 0.5) is 0 Å². The van der Waals surface area contributed by atoms with E-state index in [1.165, 1.54) is 12.1 Å². The quantitative estimate of drug-likeness (QED) is 0.603. The third kappa shape index (κ3) is 5.94. The first-order chi connectivity index (χ1) is 14.4. The number of rotatable bonds is 9. The minimum absolute atomic E-state index is 0.00763. The predicted octanol–water partition coefficient (Wildman–Crippen LogP) is 2.00. The number of thiophene rings is 1. The molecule has 164 valence electrons. The van der Waals surface area contributed by atoms with E-state index in [9.17, 15) is 13.2 Å². The van der Waals surface area contributed by atoms with E-state index in [0.29, 0.717) is 31.3 Å². The first kappa shape index (κ1) is 22.5. The van der Waals surface area contributed by atoms with Crippen molar-refractivity contribution in [2.45, 2.75) is 23.8 Å². The second kappa shape index (κ2) is 10.3. The zero-order chi connectivity index (χ0) is 21.6. The third-order valence-electron chi connectivity index (χ3n) is 4.72. The van der Waals surface area contributed by atoms with Crippen molar-refractivity contribution in [3.8, 4) is 11.5 Å². The van der Waals surface area contributed by atoms with Crippen LogP contribution < -0.4 is 19.5 Å². The van der Waals surface area contributed by atoms with Crippen LogP contribution in [-0.2, 0) is 14.8 Å². The number of hydrogen-bond acceptors (Lipinski definition) is 7. The third-order valence-corrected chi connectivity index (χ3v) is 6.88. The Hall–Kier alpha value is -2.14. The molecule has 30 heavy (non-hydrogen) atoms. The van der Waals surface area contributed by atoms with Crippen LogP contribution in [-0.4, -0.2) is 59.6 Å². The van der Waals surface area contributed by atoms with E-state index in [0.717, 1.165) is 12.0 Å². The first-order valence-corrected chi connectivity index (χ1v) is 12.1. The summed E-state index contributed by atoms with van der Waals surface area (Å²) in [7, 11) is 0.159. The molecule has 1 aromatic heterocycles. The SMILES string of the molecule is CN(C)C(CNC(=O)CCNS(=O)(=O)c1ccc2c(c1)OCCCO2)c1ccsc1. The van der Waals surface area contributed by atoms with Crippen molar-refractivity contribution in [3.63, 3.8) is 0 Å². The van der Waals surface area contributed by atoms with Gasteiger partial charge in [0.2, 0.25) is 15.9 Å². The highest BCUT2D eigenvalue weighted by Gasteiger charge is 2.19.